The minimum atomic E-state index is 0.491. The summed E-state index contributed by atoms with van der Waals surface area (Å²) in [4.78, 5) is 16.0. The molecule has 2 N–H and O–H groups in total. The number of hydrogen-bond acceptors (Lipinski definition) is 5. The molecular formula is C18H17Cl2N5. The number of nitrogens with zero attached hydrogens (tertiary/aromatic N) is 4. The summed E-state index contributed by atoms with van der Waals surface area (Å²) in [6.45, 7) is 2.61. The zero-order chi connectivity index (χ0) is 17.4. The molecule has 0 spiro atoms. The van der Waals surface area contributed by atoms with Gasteiger partial charge in [-0.15, -0.1) is 0 Å². The fraction of sp³-hybridized carbons (Fsp3) is 0.278. The predicted octanol–water partition coefficient (Wildman–Crippen LogP) is 3.78. The van der Waals surface area contributed by atoms with E-state index < -0.39 is 0 Å². The van der Waals surface area contributed by atoms with Crippen molar-refractivity contribution in [3.63, 3.8) is 0 Å². The van der Waals surface area contributed by atoms with Gasteiger partial charge in [0, 0.05) is 18.7 Å². The van der Waals surface area contributed by atoms with Crippen LogP contribution in [0.5, 0.6) is 0 Å². The van der Waals surface area contributed by atoms with Crippen LogP contribution in [0.3, 0.4) is 0 Å². The van der Waals surface area contributed by atoms with Crippen molar-refractivity contribution in [2.24, 2.45) is 11.7 Å². The largest absolute Gasteiger partial charge is 0.355 e. The van der Waals surface area contributed by atoms with E-state index in [0.29, 0.717) is 28.2 Å². The first-order valence-corrected chi connectivity index (χ1v) is 8.94. The topological polar surface area (TPSA) is 67.9 Å². The van der Waals surface area contributed by atoms with Crippen molar-refractivity contribution >= 4 is 40.2 Å². The summed E-state index contributed by atoms with van der Waals surface area (Å²) in [5.74, 6) is 1.40. The monoisotopic (exact) mass is 373 g/mol. The number of hydrogen-bond donors (Lipinski definition) is 1. The van der Waals surface area contributed by atoms with Crippen molar-refractivity contribution < 1.29 is 0 Å². The standard InChI is InChI=1S/C18H17Cl2N5/c19-13-3-1-2-12(17(13)20)14-4-5-15-18(24-14)22-9-16(23-15)25-7-6-11(8-21)10-25/h1-5,9,11H,6-8,10,21H2. The molecule has 1 saturated heterocycles. The second kappa shape index (κ2) is 6.75. The minimum Gasteiger partial charge on any atom is -0.355 e. The number of nitrogens with two attached hydrogens (primary N) is 1. The Morgan fingerprint density at radius 1 is 1.16 bits per heavy atom. The van der Waals surface area contributed by atoms with Crippen LogP contribution in [-0.4, -0.2) is 34.6 Å². The highest BCUT2D eigenvalue weighted by atomic mass is 35.5. The number of rotatable bonds is 3. The highest BCUT2D eigenvalue weighted by molar-refractivity contribution is 6.43. The van der Waals surface area contributed by atoms with Gasteiger partial charge in [0.05, 0.1) is 21.9 Å². The summed E-state index contributed by atoms with van der Waals surface area (Å²) in [6, 6.07) is 9.31. The van der Waals surface area contributed by atoms with E-state index in [1.165, 1.54) is 0 Å². The molecule has 4 rings (SSSR count). The lowest BCUT2D eigenvalue weighted by atomic mass is 10.1. The molecular weight excluding hydrogens is 357 g/mol. The van der Waals surface area contributed by atoms with Crippen LogP contribution in [-0.2, 0) is 0 Å². The molecule has 128 valence electrons. The Kier molecular flexibility index (Phi) is 4.46. The Morgan fingerprint density at radius 2 is 2.04 bits per heavy atom. The van der Waals surface area contributed by atoms with Gasteiger partial charge in [0.25, 0.3) is 0 Å². The van der Waals surface area contributed by atoms with E-state index in [1.54, 1.807) is 12.3 Å². The van der Waals surface area contributed by atoms with E-state index in [1.807, 2.05) is 24.3 Å². The van der Waals surface area contributed by atoms with Gasteiger partial charge in [-0.1, -0.05) is 35.3 Å². The molecule has 1 aliphatic heterocycles. The summed E-state index contributed by atoms with van der Waals surface area (Å²) in [5.41, 5.74) is 8.63. The predicted molar refractivity (Wildman–Crippen MR) is 102 cm³/mol. The molecule has 0 saturated carbocycles. The van der Waals surface area contributed by atoms with Gasteiger partial charge in [0.1, 0.15) is 11.3 Å². The molecule has 5 nitrogen and oxygen atoms in total. The Labute approximate surface area is 155 Å². The molecule has 7 heteroatoms. The van der Waals surface area contributed by atoms with Crippen LogP contribution in [0.25, 0.3) is 22.4 Å². The summed E-state index contributed by atoms with van der Waals surface area (Å²) in [7, 11) is 0. The first-order chi connectivity index (χ1) is 12.2. The van der Waals surface area contributed by atoms with Crippen LogP contribution in [0.4, 0.5) is 5.82 Å². The number of pyridine rings is 1. The fourth-order valence-corrected chi connectivity index (χ4v) is 3.53. The van der Waals surface area contributed by atoms with Gasteiger partial charge in [-0.25, -0.2) is 15.0 Å². The maximum absolute atomic E-state index is 6.29. The molecule has 0 radical (unpaired) electrons. The molecule has 1 aliphatic rings. The number of fused-ring (bicyclic) bond motifs is 1. The lowest BCUT2D eigenvalue weighted by molar-refractivity contribution is 0.602. The van der Waals surface area contributed by atoms with Gasteiger partial charge in [-0.05, 0) is 37.1 Å². The molecule has 2 aromatic heterocycles. The van der Waals surface area contributed by atoms with E-state index in [-0.39, 0.29) is 0 Å². The third-order valence-corrected chi connectivity index (χ3v) is 5.38. The minimum absolute atomic E-state index is 0.491. The van der Waals surface area contributed by atoms with Crippen LogP contribution in [0, 0.1) is 5.92 Å². The van der Waals surface area contributed by atoms with Gasteiger partial charge in [0.15, 0.2) is 5.65 Å². The molecule has 0 bridgehead atoms. The van der Waals surface area contributed by atoms with Crippen LogP contribution in [0.1, 0.15) is 6.42 Å². The molecule has 25 heavy (non-hydrogen) atoms. The van der Waals surface area contributed by atoms with E-state index in [4.69, 9.17) is 33.9 Å². The zero-order valence-electron chi connectivity index (χ0n) is 13.5. The quantitative estimate of drug-likeness (QED) is 0.756. The van der Waals surface area contributed by atoms with Gasteiger partial charge in [-0.2, -0.15) is 0 Å². The van der Waals surface area contributed by atoms with Gasteiger partial charge in [-0.3, -0.25) is 0 Å². The van der Waals surface area contributed by atoms with Crippen LogP contribution < -0.4 is 10.6 Å². The molecule has 1 fully saturated rings. The highest BCUT2D eigenvalue weighted by Crippen LogP contribution is 2.33. The molecule has 3 aromatic rings. The van der Waals surface area contributed by atoms with Crippen LogP contribution >= 0.6 is 23.2 Å². The van der Waals surface area contributed by atoms with Crippen molar-refractivity contribution in [2.45, 2.75) is 6.42 Å². The Bertz CT molecular complexity index is 930. The fourth-order valence-electron chi connectivity index (χ4n) is 3.13. The maximum atomic E-state index is 6.29. The molecule has 0 aliphatic carbocycles. The first-order valence-electron chi connectivity index (χ1n) is 8.19. The van der Waals surface area contributed by atoms with Crippen molar-refractivity contribution in [3.05, 3.63) is 46.6 Å². The van der Waals surface area contributed by atoms with E-state index in [0.717, 1.165) is 42.1 Å². The van der Waals surface area contributed by atoms with Gasteiger partial charge >= 0.3 is 0 Å². The van der Waals surface area contributed by atoms with E-state index >= 15 is 0 Å². The second-order valence-electron chi connectivity index (χ2n) is 6.21. The molecule has 1 aromatic carbocycles. The van der Waals surface area contributed by atoms with Crippen LogP contribution in [0.15, 0.2) is 36.5 Å². The van der Waals surface area contributed by atoms with Crippen molar-refractivity contribution in [1.82, 2.24) is 15.0 Å². The average Bonchev–Trinajstić information content (AvgIpc) is 3.12. The summed E-state index contributed by atoms with van der Waals surface area (Å²) >= 11 is 12.4. The lowest BCUT2D eigenvalue weighted by Gasteiger charge is -2.17. The molecule has 0 amide bonds. The third-order valence-electron chi connectivity index (χ3n) is 4.56. The number of anilines is 1. The van der Waals surface area contributed by atoms with Crippen molar-refractivity contribution in [3.8, 4) is 11.3 Å². The Balaban J connectivity index is 1.69. The normalized spacial score (nSPS) is 17.4. The smallest absolute Gasteiger partial charge is 0.178 e. The number of aromatic nitrogens is 3. The van der Waals surface area contributed by atoms with Crippen molar-refractivity contribution in [1.29, 1.82) is 0 Å². The lowest BCUT2D eigenvalue weighted by Crippen LogP contribution is -2.23. The van der Waals surface area contributed by atoms with Crippen LogP contribution in [0.2, 0.25) is 10.0 Å². The molecule has 1 atom stereocenters. The van der Waals surface area contributed by atoms with E-state index in [2.05, 4.69) is 14.9 Å². The molecule has 1 unspecified atom stereocenters. The van der Waals surface area contributed by atoms with Crippen molar-refractivity contribution in [2.75, 3.05) is 24.5 Å². The maximum Gasteiger partial charge on any atom is 0.178 e. The number of benzene rings is 1. The highest BCUT2D eigenvalue weighted by Gasteiger charge is 2.22. The zero-order valence-corrected chi connectivity index (χ0v) is 15.0. The van der Waals surface area contributed by atoms with Gasteiger partial charge < -0.3 is 10.6 Å². The van der Waals surface area contributed by atoms with E-state index in [9.17, 15) is 0 Å². The average molecular weight is 374 g/mol. The summed E-state index contributed by atoms with van der Waals surface area (Å²) < 4.78 is 0. The van der Waals surface area contributed by atoms with Gasteiger partial charge in [0.2, 0.25) is 0 Å². The Morgan fingerprint density at radius 3 is 2.84 bits per heavy atom. The Hall–Kier alpha value is -1.95. The summed E-state index contributed by atoms with van der Waals surface area (Å²) in [5, 5.41) is 0.997. The number of halogens is 2. The first kappa shape index (κ1) is 16.5. The summed E-state index contributed by atoms with van der Waals surface area (Å²) in [6.07, 6.45) is 2.87. The third kappa shape index (κ3) is 3.15. The SMILES string of the molecule is NCC1CCN(c2cnc3nc(-c4cccc(Cl)c4Cl)ccc3n2)C1. The molecule has 3 heterocycles. The second-order valence-corrected chi connectivity index (χ2v) is 6.99.